The number of carbonyl (C=O) groups excluding carboxylic acids is 3. The van der Waals surface area contributed by atoms with E-state index in [1.54, 1.807) is 17.5 Å². The summed E-state index contributed by atoms with van der Waals surface area (Å²) >= 11 is 1.59. The largest absolute Gasteiger partial charge is 0.300 e. The number of carbonyl (C=O) groups is 3. The second-order valence-electron chi connectivity index (χ2n) is 7.62. The summed E-state index contributed by atoms with van der Waals surface area (Å²) < 4.78 is 0. The Morgan fingerprint density at radius 1 is 1.15 bits per heavy atom. The highest BCUT2D eigenvalue weighted by Gasteiger charge is 2.43. The van der Waals surface area contributed by atoms with Crippen molar-refractivity contribution < 1.29 is 14.4 Å². The molecule has 1 aromatic heterocycles. The molecule has 3 rings (SSSR count). The quantitative estimate of drug-likeness (QED) is 0.701. The number of rotatable bonds is 6. The van der Waals surface area contributed by atoms with E-state index in [0.717, 1.165) is 32.1 Å². The Bertz CT molecular complexity index is 889. The van der Waals surface area contributed by atoms with Gasteiger partial charge in [0.1, 0.15) is 17.5 Å². The van der Waals surface area contributed by atoms with E-state index in [2.05, 4.69) is 4.98 Å². The van der Waals surface area contributed by atoms with Gasteiger partial charge in [-0.3, -0.25) is 14.4 Å². The van der Waals surface area contributed by atoms with Gasteiger partial charge >= 0.3 is 0 Å². The van der Waals surface area contributed by atoms with Crippen LogP contribution < -0.4 is 0 Å². The van der Waals surface area contributed by atoms with E-state index < -0.39 is 11.8 Å². The first-order valence-electron chi connectivity index (χ1n) is 9.33. The molecule has 1 aromatic carbocycles. The van der Waals surface area contributed by atoms with E-state index in [1.165, 1.54) is 0 Å². The number of aryl methyl sites for hydroxylation is 5. The van der Waals surface area contributed by atoms with Gasteiger partial charge in [-0.1, -0.05) is 17.7 Å². The van der Waals surface area contributed by atoms with E-state index in [9.17, 15) is 14.4 Å². The van der Waals surface area contributed by atoms with Crippen LogP contribution in [-0.2, 0) is 20.8 Å². The molecule has 0 spiro atoms. The average Bonchev–Trinajstić information content (AvgIpc) is 3.10. The highest BCUT2D eigenvalue weighted by atomic mass is 32.1. The molecule has 0 N–H and O–H groups in total. The zero-order chi connectivity index (χ0) is 19.7. The molecule has 0 bridgehead atoms. The molecule has 0 amide bonds. The van der Waals surface area contributed by atoms with Crippen LogP contribution in [0.1, 0.15) is 57.3 Å². The molecule has 27 heavy (non-hydrogen) atoms. The second kappa shape index (κ2) is 7.85. The summed E-state index contributed by atoms with van der Waals surface area (Å²) in [7, 11) is 0. The van der Waals surface area contributed by atoms with E-state index in [0.29, 0.717) is 12.8 Å². The predicted octanol–water partition coefficient (Wildman–Crippen LogP) is 4.21. The maximum Gasteiger partial charge on any atom is 0.151 e. The number of nitrogens with zero attached hydrogens (tertiary/aromatic N) is 1. The number of thiazole rings is 1. The van der Waals surface area contributed by atoms with Gasteiger partial charge in [-0.2, -0.15) is 0 Å². The summed E-state index contributed by atoms with van der Waals surface area (Å²) in [6.45, 7) is 7.89. The number of Topliss-reactive ketones (excluding diaryl/α,β-unsaturated/α-hetero) is 3. The van der Waals surface area contributed by atoms with Gasteiger partial charge in [-0.25, -0.2) is 4.98 Å². The molecule has 5 heteroatoms. The highest BCUT2D eigenvalue weighted by molar-refractivity contribution is 7.11. The summed E-state index contributed by atoms with van der Waals surface area (Å²) in [5.41, 5.74) is 3.91. The second-order valence-corrected chi connectivity index (χ2v) is 8.94. The summed E-state index contributed by atoms with van der Waals surface area (Å²) in [5, 5.41) is 0.943. The zero-order valence-electron chi connectivity index (χ0n) is 16.3. The molecule has 1 saturated carbocycles. The lowest BCUT2D eigenvalue weighted by molar-refractivity contribution is -0.127. The van der Waals surface area contributed by atoms with Crippen LogP contribution in [0.25, 0.3) is 0 Å². The third-order valence-electron chi connectivity index (χ3n) is 5.24. The molecule has 0 radical (unpaired) electrons. The number of aromatic nitrogens is 1. The fourth-order valence-electron chi connectivity index (χ4n) is 4.12. The van der Waals surface area contributed by atoms with Gasteiger partial charge in [0.15, 0.2) is 5.78 Å². The van der Waals surface area contributed by atoms with Gasteiger partial charge in [-0.05, 0) is 44.4 Å². The van der Waals surface area contributed by atoms with Crippen molar-refractivity contribution >= 4 is 28.7 Å². The molecule has 142 valence electrons. The van der Waals surface area contributed by atoms with Crippen molar-refractivity contribution in [3.8, 4) is 0 Å². The first kappa shape index (κ1) is 19.6. The van der Waals surface area contributed by atoms with Crippen LogP contribution in [0.5, 0.6) is 0 Å². The fourth-order valence-corrected chi connectivity index (χ4v) is 4.91. The maximum absolute atomic E-state index is 12.9. The van der Waals surface area contributed by atoms with Crippen LogP contribution in [0, 0.1) is 33.6 Å². The van der Waals surface area contributed by atoms with Gasteiger partial charge in [0.25, 0.3) is 0 Å². The van der Waals surface area contributed by atoms with Crippen molar-refractivity contribution in [3.05, 3.63) is 50.5 Å². The summed E-state index contributed by atoms with van der Waals surface area (Å²) in [6, 6.07) is 4.02. The number of benzene rings is 1. The average molecular weight is 384 g/mol. The van der Waals surface area contributed by atoms with E-state index in [-0.39, 0.29) is 30.2 Å². The number of ketones is 3. The number of hydrogen-bond donors (Lipinski definition) is 0. The fraction of sp³-hybridized carbons (Fsp3) is 0.455. The normalized spacial score (nSPS) is 19.7. The van der Waals surface area contributed by atoms with Crippen molar-refractivity contribution in [3.63, 3.8) is 0 Å². The lowest BCUT2D eigenvalue weighted by atomic mass is 9.86. The molecule has 0 saturated heterocycles. The third kappa shape index (κ3) is 4.24. The molecule has 0 aliphatic heterocycles. The van der Waals surface area contributed by atoms with Crippen molar-refractivity contribution in [2.24, 2.45) is 5.92 Å². The Balaban J connectivity index is 1.68. The highest BCUT2D eigenvalue weighted by Crippen LogP contribution is 2.37. The summed E-state index contributed by atoms with van der Waals surface area (Å²) in [6.07, 6.45) is 3.12. The van der Waals surface area contributed by atoms with Gasteiger partial charge in [0, 0.05) is 42.7 Å². The molecule has 1 fully saturated rings. The van der Waals surface area contributed by atoms with Gasteiger partial charge in [0.2, 0.25) is 0 Å². The van der Waals surface area contributed by atoms with E-state index in [1.807, 2.05) is 39.8 Å². The molecule has 4 nitrogen and oxygen atoms in total. The Hall–Kier alpha value is -2.14. The van der Waals surface area contributed by atoms with Crippen LogP contribution in [0.3, 0.4) is 0 Å². The first-order chi connectivity index (χ1) is 12.8. The molecular formula is C22H25NO3S. The van der Waals surface area contributed by atoms with Gasteiger partial charge in [0.05, 0.1) is 5.01 Å². The minimum absolute atomic E-state index is 0.0343. The molecular weight excluding hydrogens is 358 g/mol. The van der Waals surface area contributed by atoms with Gasteiger partial charge < -0.3 is 0 Å². The van der Waals surface area contributed by atoms with E-state index in [4.69, 9.17) is 0 Å². The Morgan fingerprint density at radius 3 is 2.41 bits per heavy atom. The first-order valence-corrected chi connectivity index (χ1v) is 10.1. The molecule has 1 aliphatic rings. The van der Waals surface area contributed by atoms with Crippen molar-refractivity contribution in [2.75, 3.05) is 0 Å². The Kier molecular flexibility index (Phi) is 5.70. The van der Waals surface area contributed by atoms with Crippen LogP contribution in [0.2, 0.25) is 0 Å². The molecule has 2 aromatic rings. The van der Waals surface area contributed by atoms with Crippen LogP contribution >= 0.6 is 11.3 Å². The summed E-state index contributed by atoms with van der Waals surface area (Å²) in [5.74, 6) is -1.29. The summed E-state index contributed by atoms with van der Waals surface area (Å²) in [4.78, 5) is 43.3. The Labute approximate surface area is 164 Å². The topological polar surface area (TPSA) is 64.1 Å². The minimum atomic E-state index is -0.704. The monoisotopic (exact) mass is 383 g/mol. The minimum Gasteiger partial charge on any atom is -0.300 e. The van der Waals surface area contributed by atoms with Crippen molar-refractivity contribution in [2.45, 2.75) is 59.3 Å². The Morgan fingerprint density at radius 2 is 1.81 bits per heavy atom. The van der Waals surface area contributed by atoms with Crippen molar-refractivity contribution in [1.82, 2.24) is 4.98 Å². The molecule has 1 heterocycles. The van der Waals surface area contributed by atoms with Crippen LogP contribution in [0.4, 0.5) is 0 Å². The zero-order valence-corrected chi connectivity index (χ0v) is 17.1. The SMILES string of the molecule is Cc1cc(C)c(C2C(=O)CC(CC(=O)CCc3ncc(C)s3)C2=O)c(C)c1. The predicted molar refractivity (Wildman–Crippen MR) is 106 cm³/mol. The number of hydrogen-bond acceptors (Lipinski definition) is 5. The van der Waals surface area contributed by atoms with Crippen LogP contribution in [0.15, 0.2) is 18.3 Å². The van der Waals surface area contributed by atoms with Gasteiger partial charge in [-0.15, -0.1) is 11.3 Å². The molecule has 2 unspecified atom stereocenters. The molecule has 1 aliphatic carbocycles. The van der Waals surface area contributed by atoms with E-state index >= 15 is 0 Å². The smallest absolute Gasteiger partial charge is 0.151 e. The van der Waals surface area contributed by atoms with Crippen LogP contribution in [-0.4, -0.2) is 22.3 Å². The third-order valence-corrected chi connectivity index (χ3v) is 6.22. The lowest BCUT2D eigenvalue weighted by Crippen LogP contribution is -2.19. The lowest BCUT2D eigenvalue weighted by Gasteiger charge is -2.16. The maximum atomic E-state index is 12.9. The molecule has 2 atom stereocenters. The standard InChI is InChI=1S/C22H25NO3S/c1-12-7-13(2)20(14(3)8-12)21-18(25)10-16(22(21)26)9-17(24)5-6-19-23-11-15(4)27-19/h7-8,11,16,21H,5-6,9-10H2,1-4H3. The van der Waals surface area contributed by atoms with Crippen molar-refractivity contribution in [1.29, 1.82) is 0 Å².